The molecule has 2 atom stereocenters. The van der Waals surface area contributed by atoms with E-state index in [1.165, 1.54) is 25.8 Å². The molecule has 2 nitrogen and oxygen atoms in total. The topological polar surface area (TPSA) is 24.1 Å². The van der Waals surface area contributed by atoms with Gasteiger partial charge in [0.15, 0.2) is 0 Å². The molecular weight excluding hydrogens is 112 g/mol. The molecule has 0 spiro atoms. The SMILES string of the molecule is [CH]1CC2CCCNC2N1. The molecule has 1 radical (unpaired) electrons. The smallest absolute Gasteiger partial charge is 0.0604 e. The minimum atomic E-state index is 0.610. The second-order valence-corrected chi connectivity index (χ2v) is 2.94. The molecule has 2 unspecified atom stereocenters. The van der Waals surface area contributed by atoms with Crippen molar-refractivity contribution < 1.29 is 0 Å². The Morgan fingerprint density at radius 2 is 2.44 bits per heavy atom. The maximum atomic E-state index is 3.44. The van der Waals surface area contributed by atoms with Crippen LogP contribution in [0.1, 0.15) is 19.3 Å². The van der Waals surface area contributed by atoms with E-state index in [0.29, 0.717) is 6.17 Å². The molecule has 0 saturated carbocycles. The third-order valence-electron chi connectivity index (χ3n) is 2.31. The lowest BCUT2D eigenvalue weighted by Crippen LogP contribution is -2.44. The van der Waals surface area contributed by atoms with Crippen LogP contribution in [-0.4, -0.2) is 12.7 Å². The minimum Gasteiger partial charge on any atom is -0.302 e. The number of piperidine rings is 1. The summed E-state index contributed by atoms with van der Waals surface area (Å²) in [5, 5.41) is 6.76. The molecule has 0 aromatic rings. The highest BCUT2D eigenvalue weighted by atomic mass is 15.2. The van der Waals surface area contributed by atoms with Crippen molar-refractivity contribution in [2.24, 2.45) is 5.92 Å². The molecule has 0 bridgehead atoms. The van der Waals surface area contributed by atoms with Crippen molar-refractivity contribution in [3.63, 3.8) is 0 Å². The zero-order valence-corrected chi connectivity index (χ0v) is 5.56. The lowest BCUT2D eigenvalue weighted by molar-refractivity contribution is 0.301. The van der Waals surface area contributed by atoms with Crippen LogP contribution >= 0.6 is 0 Å². The third-order valence-corrected chi connectivity index (χ3v) is 2.31. The van der Waals surface area contributed by atoms with Gasteiger partial charge in [-0.1, -0.05) is 0 Å². The molecule has 9 heavy (non-hydrogen) atoms. The van der Waals surface area contributed by atoms with Gasteiger partial charge in [0.05, 0.1) is 6.17 Å². The average molecular weight is 125 g/mol. The molecule has 51 valence electrons. The highest BCUT2D eigenvalue weighted by Gasteiger charge is 2.28. The Morgan fingerprint density at radius 1 is 1.44 bits per heavy atom. The first-order valence-electron chi connectivity index (χ1n) is 3.78. The van der Waals surface area contributed by atoms with Crippen LogP contribution in [0, 0.1) is 12.5 Å². The number of hydrogen-bond donors (Lipinski definition) is 2. The van der Waals surface area contributed by atoms with Gasteiger partial charge in [-0.3, -0.25) is 5.32 Å². The predicted molar refractivity (Wildman–Crippen MR) is 36.6 cm³/mol. The fourth-order valence-electron chi connectivity index (χ4n) is 1.75. The van der Waals surface area contributed by atoms with Crippen molar-refractivity contribution in [1.82, 2.24) is 10.6 Å². The molecule has 2 saturated heterocycles. The zero-order valence-electron chi connectivity index (χ0n) is 5.56. The maximum absolute atomic E-state index is 3.44. The summed E-state index contributed by atoms with van der Waals surface area (Å²) >= 11 is 0. The van der Waals surface area contributed by atoms with Crippen LogP contribution in [0.25, 0.3) is 0 Å². The lowest BCUT2D eigenvalue weighted by Gasteiger charge is -2.25. The summed E-state index contributed by atoms with van der Waals surface area (Å²) < 4.78 is 0. The van der Waals surface area contributed by atoms with Crippen LogP contribution in [0.15, 0.2) is 0 Å². The Labute approximate surface area is 56.0 Å². The Morgan fingerprint density at radius 3 is 3.33 bits per heavy atom. The Kier molecular flexibility index (Phi) is 1.44. The first-order chi connectivity index (χ1) is 4.47. The summed E-state index contributed by atoms with van der Waals surface area (Å²) in [6.07, 6.45) is 4.63. The van der Waals surface area contributed by atoms with E-state index in [-0.39, 0.29) is 0 Å². The molecule has 0 aliphatic carbocycles. The normalized spacial score (nSPS) is 42.7. The zero-order chi connectivity index (χ0) is 6.10. The molecule has 2 heterocycles. The van der Waals surface area contributed by atoms with E-state index in [1.807, 2.05) is 0 Å². The van der Waals surface area contributed by atoms with Crippen LogP contribution < -0.4 is 10.6 Å². The van der Waals surface area contributed by atoms with E-state index in [2.05, 4.69) is 17.2 Å². The van der Waals surface area contributed by atoms with Gasteiger partial charge in [-0.05, 0) is 31.7 Å². The second kappa shape index (κ2) is 2.27. The highest BCUT2D eigenvalue weighted by Crippen LogP contribution is 2.23. The number of rotatable bonds is 0. The summed E-state index contributed by atoms with van der Waals surface area (Å²) in [6, 6.07) is 0. The average Bonchev–Trinajstić information content (AvgIpc) is 2.33. The van der Waals surface area contributed by atoms with Gasteiger partial charge < -0.3 is 5.32 Å². The van der Waals surface area contributed by atoms with Gasteiger partial charge >= 0.3 is 0 Å². The molecule has 2 fully saturated rings. The molecular formula is C7H13N2. The molecule has 2 aliphatic rings. The maximum Gasteiger partial charge on any atom is 0.0604 e. The van der Waals surface area contributed by atoms with E-state index < -0.39 is 0 Å². The minimum absolute atomic E-state index is 0.610. The Balaban J connectivity index is 1.97. The molecule has 0 aromatic heterocycles. The first-order valence-corrected chi connectivity index (χ1v) is 3.78. The van der Waals surface area contributed by atoms with Crippen molar-refractivity contribution >= 4 is 0 Å². The molecule has 0 aromatic carbocycles. The summed E-state index contributed by atoms with van der Waals surface area (Å²) in [6.45, 7) is 3.38. The van der Waals surface area contributed by atoms with Crippen molar-refractivity contribution in [1.29, 1.82) is 0 Å². The standard InChI is InChI=1S/C7H13N2/c1-2-6-3-5-9-7(6)8-4-1/h5-9H,1-4H2. The quantitative estimate of drug-likeness (QED) is 0.491. The summed E-state index contributed by atoms with van der Waals surface area (Å²) in [4.78, 5) is 0. The predicted octanol–water partition coefficient (Wildman–Crippen LogP) is 0.467. The summed E-state index contributed by atoms with van der Waals surface area (Å²) in [7, 11) is 0. The number of nitrogens with one attached hydrogen (secondary N) is 2. The fourth-order valence-corrected chi connectivity index (χ4v) is 1.75. The molecule has 2 rings (SSSR count). The van der Waals surface area contributed by atoms with E-state index in [0.717, 1.165) is 5.92 Å². The van der Waals surface area contributed by atoms with E-state index in [1.54, 1.807) is 0 Å². The second-order valence-electron chi connectivity index (χ2n) is 2.94. The number of fused-ring (bicyclic) bond motifs is 1. The van der Waals surface area contributed by atoms with Crippen LogP contribution in [0.4, 0.5) is 0 Å². The van der Waals surface area contributed by atoms with Crippen LogP contribution in [0.3, 0.4) is 0 Å². The van der Waals surface area contributed by atoms with Crippen molar-refractivity contribution in [3.05, 3.63) is 6.54 Å². The van der Waals surface area contributed by atoms with Gasteiger partial charge in [0.1, 0.15) is 0 Å². The van der Waals surface area contributed by atoms with Gasteiger partial charge in [0, 0.05) is 6.54 Å². The highest BCUT2D eigenvalue weighted by molar-refractivity contribution is 4.90. The van der Waals surface area contributed by atoms with Crippen molar-refractivity contribution in [2.45, 2.75) is 25.4 Å². The van der Waals surface area contributed by atoms with Gasteiger partial charge in [0.2, 0.25) is 0 Å². The van der Waals surface area contributed by atoms with Crippen LogP contribution in [0.5, 0.6) is 0 Å². The summed E-state index contributed by atoms with van der Waals surface area (Å²) in [5.41, 5.74) is 0. The van der Waals surface area contributed by atoms with Gasteiger partial charge in [-0.25, -0.2) is 0 Å². The Hall–Kier alpha value is -0.0800. The van der Waals surface area contributed by atoms with Gasteiger partial charge in [0.25, 0.3) is 0 Å². The first kappa shape index (κ1) is 5.69. The molecule has 2 aliphatic heterocycles. The molecule has 0 amide bonds. The van der Waals surface area contributed by atoms with E-state index in [9.17, 15) is 0 Å². The largest absolute Gasteiger partial charge is 0.302 e. The van der Waals surface area contributed by atoms with Crippen molar-refractivity contribution in [3.8, 4) is 0 Å². The van der Waals surface area contributed by atoms with Crippen LogP contribution in [-0.2, 0) is 0 Å². The third kappa shape index (κ3) is 0.970. The van der Waals surface area contributed by atoms with E-state index >= 15 is 0 Å². The molecule has 2 N–H and O–H groups in total. The van der Waals surface area contributed by atoms with Crippen molar-refractivity contribution in [2.75, 3.05) is 6.54 Å². The summed E-state index contributed by atoms with van der Waals surface area (Å²) in [5.74, 6) is 0.888. The fraction of sp³-hybridized carbons (Fsp3) is 0.857. The molecule has 2 heteroatoms. The number of hydrogen-bond acceptors (Lipinski definition) is 2. The van der Waals surface area contributed by atoms with Gasteiger partial charge in [-0.15, -0.1) is 0 Å². The lowest BCUT2D eigenvalue weighted by atomic mass is 9.96. The van der Waals surface area contributed by atoms with Gasteiger partial charge in [-0.2, -0.15) is 0 Å². The van der Waals surface area contributed by atoms with E-state index in [4.69, 9.17) is 0 Å². The van der Waals surface area contributed by atoms with Crippen LogP contribution in [0.2, 0.25) is 0 Å². The monoisotopic (exact) mass is 125 g/mol. The Bertz CT molecular complexity index is 91.1.